The molecule has 1 aliphatic heterocycles. The maximum atomic E-state index is 13.0. The summed E-state index contributed by atoms with van der Waals surface area (Å²) in [5, 5.41) is 6.67. The van der Waals surface area contributed by atoms with Crippen molar-refractivity contribution in [1.82, 2.24) is 10.7 Å². The fraction of sp³-hybridized carbons (Fsp3) is 0.0357. The number of carbonyl (C=O) groups excluding carboxylic acids is 2. The molecule has 37 heavy (non-hydrogen) atoms. The number of amides is 2. The highest BCUT2D eigenvalue weighted by molar-refractivity contribution is 9.10. The molecule has 0 aliphatic carbocycles. The topological polar surface area (TPSA) is 102 Å². The van der Waals surface area contributed by atoms with Crippen LogP contribution >= 0.6 is 15.9 Å². The van der Waals surface area contributed by atoms with Crippen molar-refractivity contribution in [3.05, 3.63) is 112 Å². The zero-order chi connectivity index (χ0) is 25.6. The zero-order valence-electron chi connectivity index (χ0n) is 19.3. The second-order valence-corrected chi connectivity index (χ2v) is 8.81. The van der Waals surface area contributed by atoms with Crippen LogP contribution in [0.25, 0.3) is 17.4 Å². The number of nitrogens with one attached hydrogen (secondary N) is 2. The lowest BCUT2D eigenvalue weighted by molar-refractivity contribution is -0.117. The molecule has 0 saturated carbocycles. The predicted octanol–water partition coefficient (Wildman–Crippen LogP) is 5.36. The number of hydrogen-bond donors (Lipinski definition) is 2. The van der Waals surface area contributed by atoms with Gasteiger partial charge in [-0.05, 0) is 60.2 Å². The van der Waals surface area contributed by atoms with Crippen LogP contribution in [0.5, 0.6) is 11.5 Å². The molecule has 0 atom stereocenters. The van der Waals surface area contributed by atoms with Crippen LogP contribution < -0.4 is 20.2 Å². The first-order valence-electron chi connectivity index (χ1n) is 11.2. The van der Waals surface area contributed by atoms with Crippen molar-refractivity contribution >= 4 is 40.0 Å². The molecular weight excluding hydrogens is 538 g/mol. The molecule has 2 heterocycles. The first-order chi connectivity index (χ1) is 18.0. The fourth-order valence-corrected chi connectivity index (χ4v) is 3.78. The van der Waals surface area contributed by atoms with E-state index in [1.54, 1.807) is 54.6 Å². The van der Waals surface area contributed by atoms with E-state index in [1.807, 2.05) is 30.3 Å². The largest absolute Gasteiger partial charge is 0.455 e. The Labute approximate surface area is 220 Å². The van der Waals surface area contributed by atoms with Crippen LogP contribution in [0.1, 0.15) is 21.7 Å². The van der Waals surface area contributed by atoms with Crippen LogP contribution in [0.3, 0.4) is 0 Å². The van der Waals surface area contributed by atoms with Crippen molar-refractivity contribution in [2.75, 3.05) is 6.79 Å². The summed E-state index contributed by atoms with van der Waals surface area (Å²) in [4.78, 5) is 25.8. The molecule has 184 valence electrons. The summed E-state index contributed by atoms with van der Waals surface area (Å²) in [7, 11) is 0. The second kappa shape index (κ2) is 11.0. The van der Waals surface area contributed by atoms with Gasteiger partial charge in [0.2, 0.25) is 6.79 Å². The van der Waals surface area contributed by atoms with Crippen molar-refractivity contribution in [2.24, 2.45) is 5.10 Å². The van der Waals surface area contributed by atoms with E-state index in [0.717, 1.165) is 10.0 Å². The van der Waals surface area contributed by atoms with Gasteiger partial charge in [0.05, 0.1) is 6.21 Å². The third-order valence-corrected chi connectivity index (χ3v) is 5.88. The molecule has 1 aromatic heterocycles. The molecule has 0 fully saturated rings. The molecule has 8 nitrogen and oxygen atoms in total. The Morgan fingerprint density at radius 1 is 0.892 bits per heavy atom. The van der Waals surface area contributed by atoms with Gasteiger partial charge in [-0.1, -0.05) is 52.3 Å². The Kier molecular flexibility index (Phi) is 7.14. The quantitative estimate of drug-likeness (QED) is 0.181. The number of hydrogen-bond acceptors (Lipinski definition) is 6. The maximum absolute atomic E-state index is 13.0. The lowest BCUT2D eigenvalue weighted by atomic mass is 10.1. The number of benzene rings is 3. The summed E-state index contributed by atoms with van der Waals surface area (Å²) in [6, 6.07) is 25.1. The number of ether oxygens (including phenoxy) is 2. The van der Waals surface area contributed by atoms with E-state index >= 15 is 0 Å². The van der Waals surface area contributed by atoms with Crippen LogP contribution in [0, 0.1) is 0 Å². The number of nitrogens with zero attached hydrogens (tertiary/aromatic N) is 1. The molecule has 2 N–H and O–H groups in total. The summed E-state index contributed by atoms with van der Waals surface area (Å²) in [6.45, 7) is 0.131. The zero-order valence-corrected chi connectivity index (χ0v) is 20.9. The molecule has 0 radical (unpaired) electrons. The normalized spacial score (nSPS) is 12.5. The number of furan rings is 1. The molecule has 9 heteroatoms. The molecule has 5 rings (SSSR count). The van der Waals surface area contributed by atoms with Crippen molar-refractivity contribution in [1.29, 1.82) is 0 Å². The van der Waals surface area contributed by atoms with E-state index in [4.69, 9.17) is 13.9 Å². The number of fused-ring (bicyclic) bond motifs is 1. The highest BCUT2D eigenvalue weighted by Crippen LogP contribution is 2.33. The third kappa shape index (κ3) is 5.96. The van der Waals surface area contributed by atoms with Crippen LogP contribution in [-0.2, 0) is 4.79 Å². The van der Waals surface area contributed by atoms with Gasteiger partial charge in [-0.15, -0.1) is 0 Å². The number of carbonyl (C=O) groups is 2. The van der Waals surface area contributed by atoms with E-state index < -0.39 is 11.8 Å². The number of hydrazone groups is 1. The van der Waals surface area contributed by atoms with Crippen molar-refractivity contribution in [3.8, 4) is 22.8 Å². The first kappa shape index (κ1) is 24.1. The summed E-state index contributed by atoms with van der Waals surface area (Å²) < 4.78 is 17.5. The minimum atomic E-state index is -0.613. The molecule has 0 bridgehead atoms. The van der Waals surface area contributed by atoms with Crippen LogP contribution in [0.4, 0.5) is 0 Å². The predicted molar refractivity (Wildman–Crippen MR) is 142 cm³/mol. The number of halogens is 1. The van der Waals surface area contributed by atoms with Gasteiger partial charge in [0.25, 0.3) is 11.8 Å². The average molecular weight is 558 g/mol. The van der Waals surface area contributed by atoms with Gasteiger partial charge in [0.15, 0.2) is 11.5 Å². The van der Waals surface area contributed by atoms with E-state index in [-0.39, 0.29) is 12.5 Å². The number of rotatable bonds is 7. The van der Waals surface area contributed by atoms with Gasteiger partial charge in [-0.25, -0.2) is 5.43 Å². The molecule has 0 saturated heterocycles. The van der Waals surface area contributed by atoms with Crippen molar-refractivity contribution in [3.63, 3.8) is 0 Å². The highest BCUT2D eigenvalue weighted by Gasteiger charge is 2.17. The second-order valence-electron chi connectivity index (χ2n) is 7.90. The Bertz CT molecular complexity index is 1490. The summed E-state index contributed by atoms with van der Waals surface area (Å²) in [5.41, 5.74) is 4.39. The molecule has 0 unspecified atom stereocenters. The van der Waals surface area contributed by atoms with Gasteiger partial charge < -0.3 is 19.2 Å². The standard InChI is InChI=1S/C28H20BrN3O5/c29-21-9-7-19(8-10-21)24-13-11-22(37-24)16-30-32-28(34)23(31-27(33)20-4-2-1-3-5-20)14-18-6-12-25-26(15-18)36-17-35-25/h1-16H,17H2,(H,31,33)(H,32,34)/b23-14+,30-16-. The molecule has 4 aromatic rings. The van der Waals surface area contributed by atoms with E-state index in [2.05, 4.69) is 31.8 Å². The third-order valence-electron chi connectivity index (χ3n) is 5.35. The first-order valence-corrected chi connectivity index (χ1v) is 12.0. The molecule has 3 aromatic carbocycles. The van der Waals surface area contributed by atoms with Crippen LogP contribution in [0.2, 0.25) is 0 Å². The minimum Gasteiger partial charge on any atom is -0.455 e. The van der Waals surface area contributed by atoms with Crippen LogP contribution in [-0.4, -0.2) is 24.8 Å². The van der Waals surface area contributed by atoms with Gasteiger partial charge >= 0.3 is 0 Å². The Balaban J connectivity index is 1.33. The monoisotopic (exact) mass is 557 g/mol. The summed E-state index contributed by atoms with van der Waals surface area (Å²) in [6.07, 6.45) is 2.92. The smallest absolute Gasteiger partial charge is 0.287 e. The van der Waals surface area contributed by atoms with Crippen molar-refractivity contribution < 1.29 is 23.5 Å². The summed E-state index contributed by atoms with van der Waals surface area (Å²) in [5.74, 6) is 1.24. The maximum Gasteiger partial charge on any atom is 0.287 e. The minimum absolute atomic E-state index is 0.000125. The van der Waals surface area contributed by atoms with Gasteiger partial charge in [0, 0.05) is 15.6 Å². The molecule has 2 amide bonds. The lowest BCUT2D eigenvalue weighted by Crippen LogP contribution is -2.32. The highest BCUT2D eigenvalue weighted by atomic mass is 79.9. The average Bonchev–Trinajstić information content (AvgIpc) is 3.59. The Hall–Kier alpha value is -4.63. The summed E-state index contributed by atoms with van der Waals surface area (Å²) >= 11 is 3.41. The van der Waals surface area contributed by atoms with Gasteiger partial charge in [-0.3, -0.25) is 9.59 Å². The molecular formula is C28H20BrN3O5. The fourth-order valence-electron chi connectivity index (χ4n) is 3.52. The SMILES string of the molecule is O=C(N/N=C\c1ccc(-c2ccc(Br)cc2)o1)/C(=C\c1ccc2c(c1)OCO2)NC(=O)c1ccccc1. The lowest BCUT2D eigenvalue weighted by Gasteiger charge is -2.09. The van der Waals surface area contributed by atoms with Crippen LogP contribution in [0.15, 0.2) is 105 Å². The molecule has 0 spiro atoms. The van der Waals surface area contributed by atoms with E-state index in [9.17, 15) is 9.59 Å². The van der Waals surface area contributed by atoms with Crippen molar-refractivity contribution in [2.45, 2.75) is 0 Å². The van der Waals surface area contributed by atoms with E-state index in [0.29, 0.717) is 34.1 Å². The van der Waals surface area contributed by atoms with Gasteiger partial charge in [0.1, 0.15) is 17.2 Å². The Morgan fingerprint density at radius 3 is 2.49 bits per heavy atom. The van der Waals surface area contributed by atoms with E-state index in [1.165, 1.54) is 12.3 Å². The molecule has 1 aliphatic rings. The Morgan fingerprint density at radius 2 is 1.68 bits per heavy atom. The van der Waals surface area contributed by atoms with Gasteiger partial charge in [-0.2, -0.15) is 5.10 Å².